The van der Waals surface area contributed by atoms with E-state index in [4.69, 9.17) is 9.72 Å². The number of aryl methyl sites for hydroxylation is 1. The van der Waals surface area contributed by atoms with Crippen LogP contribution in [0.25, 0.3) is 15.9 Å². The van der Waals surface area contributed by atoms with Gasteiger partial charge in [0.2, 0.25) is 15.9 Å². The number of hydrogen-bond acceptors (Lipinski definition) is 8. The van der Waals surface area contributed by atoms with E-state index in [0.717, 1.165) is 29.7 Å². The normalized spacial score (nSPS) is 17.8. The third kappa shape index (κ3) is 5.71. The molecule has 2 aromatic heterocycles. The number of anilines is 1. The summed E-state index contributed by atoms with van der Waals surface area (Å²) in [5.41, 5.74) is 2.21. The van der Waals surface area contributed by atoms with Gasteiger partial charge in [-0.15, -0.1) is 11.3 Å². The fourth-order valence-corrected chi connectivity index (χ4v) is 8.89. The molecule has 6 rings (SSSR count). The minimum atomic E-state index is -3.61. The summed E-state index contributed by atoms with van der Waals surface area (Å²) in [4.78, 5) is 33.8. The standard InChI is InChI=1S/C29H30N4O5S3/c1-19-7-12-23-24(17-19)40-27-26(23)28(35)33(21-5-3-2-4-6-21)29(31-27)39-18-25(34)30-20-8-10-22(11-9-20)41(36,37)32-13-15-38-16-14-32/h2-6,8-11,19H,7,12-18H2,1H3,(H,30,34). The lowest BCUT2D eigenvalue weighted by atomic mass is 9.89. The molecule has 9 nitrogen and oxygen atoms in total. The lowest BCUT2D eigenvalue weighted by molar-refractivity contribution is -0.113. The van der Waals surface area contributed by atoms with Crippen LogP contribution in [-0.2, 0) is 32.4 Å². The second-order valence-corrected chi connectivity index (χ2v) is 14.2. The predicted octanol–water partition coefficient (Wildman–Crippen LogP) is 4.32. The number of nitrogens with one attached hydrogen (secondary N) is 1. The Balaban J connectivity index is 1.22. The van der Waals surface area contributed by atoms with Gasteiger partial charge in [-0.3, -0.25) is 14.2 Å². The molecule has 41 heavy (non-hydrogen) atoms. The van der Waals surface area contributed by atoms with Crippen molar-refractivity contribution in [2.75, 3.05) is 37.4 Å². The van der Waals surface area contributed by atoms with Crippen LogP contribution in [0.3, 0.4) is 0 Å². The predicted molar refractivity (Wildman–Crippen MR) is 162 cm³/mol. The van der Waals surface area contributed by atoms with Crippen molar-refractivity contribution in [3.63, 3.8) is 0 Å². The van der Waals surface area contributed by atoms with Gasteiger partial charge in [-0.1, -0.05) is 36.9 Å². The number of para-hydroxylation sites is 1. The quantitative estimate of drug-likeness (QED) is 0.245. The highest BCUT2D eigenvalue weighted by Gasteiger charge is 2.27. The first-order chi connectivity index (χ1) is 19.8. The van der Waals surface area contributed by atoms with E-state index in [1.54, 1.807) is 28.0 Å². The Morgan fingerprint density at radius 3 is 2.59 bits per heavy atom. The van der Waals surface area contributed by atoms with E-state index in [-0.39, 0.29) is 22.1 Å². The maximum absolute atomic E-state index is 13.9. The Labute approximate surface area is 246 Å². The lowest BCUT2D eigenvalue weighted by Gasteiger charge is -2.26. The average Bonchev–Trinajstić information content (AvgIpc) is 3.35. The van der Waals surface area contributed by atoms with Gasteiger partial charge in [0.25, 0.3) is 5.56 Å². The zero-order valence-electron chi connectivity index (χ0n) is 22.5. The van der Waals surface area contributed by atoms with Crippen LogP contribution in [0, 0.1) is 5.92 Å². The maximum Gasteiger partial charge on any atom is 0.267 e. The van der Waals surface area contributed by atoms with E-state index in [1.165, 1.54) is 33.1 Å². The molecule has 1 unspecified atom stereocenters. The number of morpholine rings is 1. The van der Waals surface area contributed by atoms with Crippen molar-refractivity contribution in [1.82, 2.24) is 13.9 Å². The smallest absolute Gasteiger partial charge is 0.267 e. The molecule has 1 amide bonds. The third-order valence-corrected chi connectivity index (χ3v) is 11.4. The van der Waals surface area contributed by atoms with Crippen LogP contribution in [0.1, 0.15) is 23.8 Å². The summed E-state index contributed by atoms with van der Waals surface area (Å²) in [6.07, 6.45) is 2.89. The molecule has 1 atom stereocenters. The van der Waals surface area contributed by atoms with E-state index in [1.807, 2.05) is 30.3 Å². The fourth-order valence-electron chi connectivity index (χ4n) is 5.25. The number of hydrogen-bond donors (Lipinski definition) is 1. The average molecular weight is 611 g/mol. The molecule has 2 aromatic carbocycles. The van der Waals surface area contributed by atoms with Gasteiger partial charge >= 0.3 is 0 Å². The summed E-state index contributed by atoms with van der Waals surface area (Å²) in [5.74, 6) is 0.325. The first kappa shape index (κ1) is 28.1. The van der Waals surface area contributed by atoms with Crippen molar-refractivity contribution in [1.29, 1.82) is 0 Å². The molecule has 0 saturated carbocycles. The zero-order chi connectivity index (χ0) is 28.6. The Hall–Kier alpha value is -3.03. The monoisotopic (exact) mass is 610 g/mol. The first-order valence-corrected chi connectivity index (χ1v) is 16.8. The third-order valence-electron chi connectivity index (χ3n) is 7.39. The van der Waals surface area contributed by atoms with Crippen molar-refractivity contribution < 1.29 is 17.9 Å². The van der Waals surface area contributed by atoms with Gasteiger partial charge in [-0.05, 0) is 67.1 Å². The SMILES string of the molecule is CC1CCc2c(sc3nc(SCC(=O)Nc4ccc(S(=O)(=O)N5CCOCC5)cc4)n(-c4ccccc4)c(=O)c23)C1. The number of benzene rings is 2. The Bertz CT molecular complexity index is 1750. The molecule has 2 aliphatic rings. The molecule has 214 valence electrons. The molecular formula is C29H30N4O5S3. The summed E-state index contributed by atoms with van der Waals surface area (Å²) in [5, 5.41) is 3.98. The lowest BCUT2D eigenvalue weighted by Crippen LogP contribution is -2.40. The van der Waals surface area contributed by atoms with Gasteiger partial charge < -0.3 is 10.1 Å². The molecule has 12 heteroatoms. The van der Waals surface area contributed by atoms with Crippen LogP contribution in [0.2, 0.25) is 0 Å². The Morgan fingerprint density at radius 2 is 1.85 bits per heavy atom. The number of ether oxygens (including phenoxy) is 1. The van der Waals surface area contributed by atoms with E-state index >= 15 is 0 Å². The van der Waals surface area contributed by atoms with Crippen molar-refractivity contribution >= 4 is 54.9 Å². The maximum atomic E-state index is 13.9. The molecule has 0 bridgehead atoms. The largest absolute Gasteiger partial charge is 0.379 e. The summed E-state index contributed by atoms with van der Waals surface area (Å²) in [6, 6.07) is 15.5. The van der Waals surface area contributed by atoms with E-state index in [0.29, 0.717) is 54.1 Å². The number of thioether (sulfide) groups is 1. The zero-order valence-corrected chi connectivity index (χ0v) is 25.0. The number of aromatic nitrogens is 2. The van der Waals surface area contributed by atoms with Crippen LogP contribution >= 0.6 is 23.1 Å². The fraction of sp³-hybridized carbons (Fsp3) is 0.345. The Morgan fingerprint density at radius 1 is 1.12 bits per heavy atom. The molecule has 4 aromatic rings. The molecule has 1 saturated heterocycles. The van der Waals surface area contributed by atoms with Crippen LogP contribution in [0.4, 0.5) is 5.69 Å². The van der Waals surface area contributed by atoms with Crippen molar-refractivity contribution in [3.8, 4) is 5.69 Å². The van der Waals surface area contributed by atoms with Crippen LogP contribution in [0.15, 0.2) is 69.4 Å². The van der Waals surface area contributed by atoms with Crippen LogP contribution in [0.5, 0.6) is 0 Å². The van der Waals surface area contributed by atoms with Crippen molar-refractivity contribution in [3.05, 3.63) is 75.4 Å². The van der Waals surface area contributed by atoms with Crippen molar-refractivity contribution in [2.24, 2.45) is 5.92 Å². The van der Waals surface area contributed by atoms with Gasteiger partial charge in [0.05, 0.1) is 34.9 Å². The molecule has 0 radical (unpaired) electrons. The molecule has 0 spiro atoms. The topological polar surface area (TPSA) is 111 Å². The number of carbonyl (C=O) groups excluding carboxylic acids is 1. The summed E-state index contributed by atoms with van der Waals surface area (Å²) >= 11 is 2.79. The second-order valence-electron chi connectivity index (χ2n) is 10.3. The first-order valence-electron chi connectivity index (χ1n) is 13.5. The molecule has 1 fully saturated rings. The minimum absolute atomic E-state index is 0.0285. The summed E-state index contributed by atoms with van der Waals surface area (Å²) in [6.45, 7) is 3.62. The van der Waals surface area contributed by atoms with E-state index in [2.05, 4.69) is 12.2 Å². The number of thiophene rings is 1. The summed E-state index contributed by atoms with van der Waals surface area (Å²) < 4.78 is 34.0. The van der Waals surface area contributed by atoms with Gasteiger partial charge in [0, 0.05) is 23.7 Å². The van der Waals surface area contributed by atoms with Crippen LogP contribution in [-0.4, -0.2) is 60.2 Å². The highest BCUT2D eigenvalue weighted by Crippen LogP contribution is 2.37. The molecule has 1 N–H and O–H groups in total. The molecule has 3 heterocycles. The van der Waals surface area contributed by atoms with Crippen LogP contribution < -0.4 is 10.9 Å². The highest BCUT2D eigenvalue weighted by atomic mass is 32.2. The highest BCUT2D eigenvalue weighted by molar-refractivity contribution is 7.99. The molecular weight excluding hydrogens is 581 g/mol. The summed E-state index contributed by atoms with van der Waals surface area (Å²) in [7, 11) is -3.61. The second kappa shape index (κ2) is 11.7. The Kier molecular flexibility index (Phi) is 8.01. The minimum Gasteiger partial charge on any atom is -0.379 e. The van der Waals surface area contributed by atoms with Crippen molar-refractivity contribution in [2.45, 2.75) is 36.2 Å². The number of amides is 1. The van der Waals surface area contributed by atoms with Gasteiger partial charge in [-0.2, -0.15) is 4.31 Å². The van der Waals surface area contributed by atoms with E-state index < -0.39 is 10.0 Å². The number of sulfonamides is 1. The van der Waals surface area contributed by atoms with E-state index in [9.17, 15) is 18.0 Å². The molecule has 1 aliphatic carbocycles. The number of rotatable bonds is 7. The van der Waals surface area contributed by atoms with Gasteiger partial charge in [-0.25, -0.2) is 13.4 Å². The number of nitrogens with zero attached hydrogens (tertiary/aromatic N) is 3. The number of fused-ring (bicyclic) bond motifs is 3. The van der Waals surface area contributed by atoms with Gasteiger partial charge in [0.1, 0.15) is 4.83 Å². The van der Waals surface area contributed by atoms with Gasteiger partial charge in [0.15, 0.2) is 5.16 Å². The molecule has 1 aliphatic heterocycles. The number of carbonyl (C=O) groups is 1.